The molecular weight excluding hydrogens is 549 g/mol. The number of nitrogens with zero attached hydrogens (tertiary/aromatic N) is 3. The number of carbonyl (C=O) groups is 1. The number of amides is 1. The van der Waals surface area contributed by atoms with Crippen LogP contribution in [0.1, 0.15) is 52.9 Å². The number of likely N-dealkylation sites (N-methyl/N-ethyl adjacent to an activating group) is 1. The molecule has 6 rings (SSSR count). The summed E-state index contributed by atoms with van der Waals surface area (Å²) in [6.45, 7) is 1.80. The van der Waals surface area contributed by atoms with Crippen molar-refractivity contribution in [1.29, 1.82) is 0 Å². The van der Waals surface area contributed by atoms with E-state index < -0.39 is 10.0 Å². The lowest BCUT2D eigenvalue weighted by atomic mass is 9.96. The molecule has 204 valence electrons. The van der Waals surface area contributed by atoms with Gasteiger partial charge >= 0.3 is 0 Å². The molecule has 0 bridgehead atoms. The third-order valence-electron chi connectivity index (χ3n) is 7.86. The third-order valence-corrected chi connectivity index (χ3v) is 12.0. The Balaban J connectivity index is 1.27. The highest BCUT2D eigenvalue weighted by Crippen LogP contribution is 2.45. The molecule has 0 radical (unpaired) electrons. The van der Waals surface area contributed by atoms with Crippen LogP contribution >= 0.6 is 22.7 Å². The van der Waals surface area contributed by atoms with Gasteiger partial charge in [-0.25, -0.2) is 13.4 Å². The number of anilines is 1. The van der Waals surface area contributed by atoms with E-state index in [0.717, 1.165) is 71.0 Å². The molecule has 0 spiro atoms. The van der Waals surface area contributed by atoms with E-state index in [9.17, 15) is 13.2 Å². The second-order valence-corrected chi connectivity index (χ2v) is 14.6. The van der Waals surface area contributed by atoms with Gasteiger partial charge in [-0.1, -0.05) is 31.4 Å². The first-order valence-electron chi connectivity index (χ1n) is 13.4. The number of sulfonamides is 1. The van der Waals surface area contributed by atoms with Gasteiger partial charge in [-0.2, -0.15) is 4.31 Å². The van der Waals surface area contributed by atoms with Gasteiger partial charge in [0.1, 0.15) is 10.0 Å². The highest BCUT2D eigenvalue weighted by atomic mass is 32.2. The van der Waals surface area contributed by atoms with Gasteiger partial charge in [0.15, 0.2) is 0 Å². The van der Waals surface area contributed by atoms with E-state index in [1.807, 2.05) is 18.2 Å². The van der Waals surface area contributed by atoms with Crippen LogP contribution in [-0.4, -0.2) is 55.2 Å². The maximum atomic E-state index is 13.4. The van der Waals surface area contributed by atoms with Crippen LogP contribution in [0.3, 0.4) is 0 Å². The topological polar surface area (TPSA) is 82.6 Å². The second-order valence-electron chi connectivity index (χ2n) is 10.5. The Hall–Kier alpha value is -2.63. The van der Waals surface area contributed by atoms with E-state index in [1.54, 1.807) is 54.0 Å². The summed E-state index contributed by atoms with van der Waals surface area (Å²) in [6, 6.07) is 14.4. The molecule has 2 aromatic heterocycles. The van der Waals surface area contributed by atoms with Gasteiger partial charge in [0.25, 0.3) is 5.91 Å². The lowest BCUT2D eigenvalue weighted by molar-refractivity contribution is 0.102. The molecule has 3 heterocycles. The first kappa shape index (κ1) is 26.6. The van der Waals surface area contributed by atoms with Crippen molar-refractivity contribution >= 4 is 53.8 Å². The van der Waals surface area contributed by atoms with E-state index in [-0.39, 0.29) is 16.8 Å². The van der Waals surface area contributed by atoms with Crippen molar-refractivity contribution in [2.75, 3.05) is 26.0 Å². The summed E-state index contributed by atoms with van der Waals surface area (Å²) >= 11 is 3.26. The van der Waals surface area contributed by atoms with Crippen molar-refractivity contribution in [3.8, 4) is 10.6 Å². The van der Waals surface area contributed by atoms with Crippen LogP contribution in [0.25, 0.3) is 20.8 Å². The van der Waals surface area contributed by atoms with Crippen LogP contribution in [0.4, 0.5) is 5.00 Å². The summed E-state index contributed by atoms with van der Waals surface area (Å²) < 4.78 is 29.1. The van der Waals surface area contributed by atoms with Crippen LogP contribution < -0.4 is 5.32 Å². The first-order chi connectivity index (χ1) is 18.8. The predicted molar refractivity (Wildman–Crippen MR) is 159 cm³/mol. The fourth-order valence-corrected chi connectivity index (χ4v) is 9.43. The van der Waals surface area contributed by atoms with Gasteiger partial charge in [-0.3, -0.25) is 4.79 Å². The molecule has 2 aromatic carbocycles. The summed E-state index contributed by atoms with van der Waals surface area (Å²) in [7, 11) is 0.172. The molecule has 7 nitrogen and oxygen atoms in total. The lowest BCUT2D eigenvalue weighted by Crippen LogP contribution is -2.38. The minimum Gasteiger partial charge on any atom is -0.313 e. The maximum Gasteiger partial charge on any atom is 0.256 e. The van der Waals surface area contributed by atoms with E-state index in [0.29, 0.717) is 5.56 Å². The normalized spacial score (nSPS) is 17.0. The Morgan fingerprint density at radius 2 is 1.79 bits per heavy atom. The number of hydrogen-bond acceptors (Lipinski definition) is 7. The predicted octanol–water partition coefficient (Wildman–Crippen LogP) is 6.22. The quantitative estimate of drug-likeness (QED) is 0.293. The monoisotopic (exact) mass is 580 g/mol. The molecule has 39 heavy (non-hydrogen) atoms. The number of thiazole rings is 1. The number of benzene rings is 2. The molecule has 1 fully saturated rings. The van der Waals surface area contributed by atoms with Crippen LogP contribution in [0.15, 0.2) is 53.4 Å². The number of rotatable bonds is 6. The standard InChI is InChI=1S/C29H32N4O3S3/c1-32-17-16-22-25(18-32)38-29(26(22)28-30-23-10-6-7-11-24(23)37-28)31-27(34)19-12-14-21(15-13-19)39(35,36)33(2)20-8-4-3-5-9-20/h6-7,10-15,20H,3-5,8-9,16-18H2,1-2H3,(H,31,34). The van der Waals surface area contributed by atoms with Crippen LogP contribution in [0.2, 0.25) is 0 Å². The van der Waals surface area contributed by atoms with E-state index in [4.69, 9.17) is 4.98 Å². The van der Waals surface area contributed by atoms with Crippen molar-refractivity contribution in [1.82, 2.24) is 14.2 Å². The van der Waals surface area contributed by atoms with Crippen LogP contribution in [0, 0.1) is 0 Å². The summed E-state index contributed by atoms with van der Waals surface area (Å²) in [5.74, 6) is -0.256. The van der Waals surface area contributed by atoms with Gasteiger partial charge in [-0.15, -0.1) is 22.7 Å². The van der Waals surface area contributed by atoms with Gasteiger partial charge in [0.2, 0.25) is 10.0 Å². The summed E-state index contributed by atoms with van der Waals surface area (Å²) in [6.07, 6.45) is 5.99. The molecule has 1 aliphatic carbocycles. The molecule has 2 aliphatic rings. The summed E-state index contributed by atoms with van der Waals surface area (Å²) in [4.78, 5) is 22.1. The zero-order chi connectivity index (χ0) is 27.1. The van der Waals surface area contributed by atoms with Crippen molar-refractivity contribution in [2.45, 2.75) is 56.0 Å². The number of carbonyl (C=O) groups excluding carboxylic acids is 1. The summed E-state index contributed by atoms with van der Waals surface area (Å²) in [5, 5.41) is 4.86. The molecule has 1 saturated carbocycles. The average Bonchev–Trinajstić information content (AvgIpc) is 3.53. The number of nitrogens with one attached hydrogen (secondary N) is 1. The zero-order valence-corrected chi connectivity index (χ0v) is 24.6. The molecular formula is C29H32N4O3S3. The Morgan fingerprint density at radius 3 is 2.54 bits per heavy atom. The molecule has 0 saturated heterocycles. The van der Waals surface area contributed by atoms with Crippen LogP contribution in [0.5, 0.6) is 0 Å². The third kappa shape index (κ3) is 5.16. The highest BCUT2D eigenvalue weighted by molar-refractivity contribution is 7.89. The smallest absolute Gasteiger partial charge is 0.256 e. The van der Waals surface area contributed by atoms with Gasteiger partial charge < -0.3 is 10.2 Å². The fraction of sp³-hybridized carbons (Fsp3) is 0.379. The van der Waals surface area contributed by atoms with Gasteiger partial charge in [0.05, 0.1) is 15.1 Å². The highest BCUT2D eigenvalue weighted by Gasteiger charge is 2.30. The number of hydrogen-bond donors (Lipinski definition) is 1. The van der Waals surface area contributed by atoms with Crippen molar-refractivity contribution in [3.05, 3.63) is 64.5 Å². The number of aromatic nitrogens is 1. The van der Waals surface area contributed by atoms with E-state index in [1.165, 1.54) is 21.2 Å². The molecule has 10 heteroatoms. The Kier molecular flexibility index (Phi) is 7.32. The molecule has 1 aliphatic heterocycles. The van der Waals surface area contributed by atoms with Crippen molar-refractivity contribution in [3.63, 3.8) is 0 Å². The van der Waals surface area contributed by atoms with Crippen LogP contribution in [-0.2, 0) is 23.0 Å². The Bertz CT molecular complexity index is 1590. The number of para-hydroxylation sites is 1. The SMILES string of the molecule is CN1CCc2c(sc(NC(=O)c3ccc(S(=O)(=O)N(C)C4CCCCC4)cc3)c2-c2nc3ccccc3s2)C1. The minimum absolute atomic E-state index is 0.0385. The molecule has 0 unspecified atom stereocenters. The maximum absolute atomic E-state index is 13.4. The molecule has 1 amide bonds. The van der Waals surface area contributed by atoms with Crippen molar-refractivity contribution in [2.24, 2.45) is 0 Å². The molecule has 1 N–H and O–H groups in total. The Morgan fingerprint density at radius 1 is 1.05 bits per heavy atom. The average molecular weight is 581 g/mol. The number of fused-ring (bicyclic) bond motifs is 2. The fourth-order valence-electron chi connectivity index (χ4n) is 5.59. The lowest BCUT2D eigenvalue weighted by Gasteiger charge is -2.30. The Labute approximate surface area is 237 Å². The van der Waals surface area contributed by atoms with E-state index in [2.05, 4.69) is 23.3 Å². The number of thiophene rings is 1. The van der Waals surface area contributed by atoms with Crippen molar-refractivity contribution < 1.29 is 13.2 Å². The molecule has 0 atom stereocenters. The summed E-state index contributed by atoms with van der Waals surface area (Å²) in [5.41, 5.74) is 3.66. The minimum atomic E-state index is -3.61. The molecule has 4 aromatic rings. The largest absolute Gasteiger partial charge is 0.313 e. The van der Waals surface area contributed by atoms with Gasteiger partial charge in [0, 0.05) is 42.2 Å². The van der Waals surface area contributed by atoms with Gasteiger partial charge in [-0.05, 0) is 68.3 Å². The van der Waals surface area contributed by atoms with E-state index >= 15 is 0 Å². The zero-order valence-electron chi connectivity index (χ0n) is 22.1. The first-order valence-corrected chi connectivity index (χ1v) is 16.5. The second kappa shape index (κ2) is 10.7.